The Kier molecular flexibility index (Phi) is 8.95. The molecule has 2 nitrogen and oxygen atoms in total. The highest BCUT2D eigenvalue weighted by Crippen LogP contribution is 2.18. The Morgan fingerprint density at radius 2 is 1.95 bits per heavy atom. The zero-order valence-corrected chi connectivity index (χ0v) is 12.8. The normalized spacial score (nSPS) is 11.6. The molecule has 0 saturated heterocycles. The molecule has 0 heterocycles. The van der Waals surface area contributed by atoms with Crippen molar-refractivity contribution in [1.82, 2.24) is 0 Å². The highest BCUT2D eigenvalue weighted by Gasteiger charge is 2.09. The number of hydrogen-bond donors (Lipinski definition) is 1. The second kappa shape index (κ2) is 10.6. The van der Waals surface area contributed by atoms with Crippen LogP contribution in [0.1, 0.15) is 44.6 Å². The van der Waals surface area contributed by atoms with Crippen LogP contribution in [0.15, 0.2) is 24.3 Å². The molecule has 0 bridgehead atoms. The van der Waals surface area contributed by atoms with E-state index in [1.54, 1.807) is 0 Å². The quantitative estimate of drug-likeness (QED) is 0.548. The molecule has 1 aromatic carbocycles. The summed E-state index contributed by atoms with van der Waals surface area (Å²) in [5.41, 5.74) is 1.30. The molecule has 3 heteroatoms. The summed E-state index contributed by atoms with van der Waals surface area (Å²) in [5.74, 6) is 3.75. The fraction of sp³-hybridized carbons (Fsp3) is 0.529. The molecule has 0 saturated carbocycles. The molecule has 0 aromatic heterocycles. The first-order chi connectivity index (χ1) is 9.80. The van der Waals surface area contributed by atoms with Crippen LogP contribution in [0.2, 0.25) is 0 Å². The predicted octanol–water partition coefficient (Wildman–Crippen LogP) is 4.14. The van der Waals surface area contributed by atoms with Crippen molar-refractivity contribution in [1.29, 1.82) is 0 Å². The summed E-state index contributed by atoms with van der Waals surface area (Å²) in [7, 11) is 0. The summed E-state index contributed by atoms with van der Waals surface area (Å²) in [6, 6.07) is 8.19. The molecule has 1 atom stereocenters. The third-order valence-electron chi connectivity index (χ3n) is 3.22. The molecule has 20 heavy (non-hydrogen) atoms. The van der Waals surface area contributed by atoms with E-state index in [4.69, 9.17) is 21.4 Å². The van der Waals surface area contributed by atoms with Crippen LogP contribution in [0, 0.1) is 11.3 Å². The van der Waals surface area contributed by atoms with Gasteiger partial charge >= 0.3 is 0 Å². The lowest BCUT2D eigenvalue weighted by Crippen LogP contribution is -2.16. The van der Waals surface area contributed by atoms with E-state index in [0.717, 1.165) is 37.9 Å². The average Bonchev–Trinajstić information content (AvgIpc) is 2.49. The molecule has 0 amide bonds. The van der Waals surface area contributed by atoms with Crippen LogP contribution in [-0.4, -0.2) is 17.8 Å². The molecule has 1 N–H and O–H groups in total. The SMILES string of the molecule is CCc1ccc(OC(CC#CCl)CCCCCO)cc1. The van der Waals surface area contributed by atoms with E-state index in [-0.39, 0.29) is 12.7 Å². The van der Waals surface area contributed by atoms with Gasteiger partial charge in [-0.25, -0.2) is 0 Å². The first-order valence-corrected chi connectivity index (χ1v) is 7.63. The second-order valence-corrected chi connectivity index (χ2v) is 4.97. The topological polar surface area (TPSA) is 29.5 Å². The number of rotatable bonds is 9. The molecular formula is C17H23ClO2. The molecule has 0 aliphatic heterocycles. The molecule has 1 rings (SSSR count). The number of hydrogen-bond acceptors (Lipinski definition) is 2. The Labute approximate surface area is 127 Å². The summed E-state index contributed by atoms with van der Waals surface area (Å²) in [4.78, 5) is 0. The van der Waals surface area contributed by atoms with Gasteiger partial charge in [-0.1, -0.05) is 31.4 Å². The van der Waals surface area contributed by atoms with Crippen molar-refractivity contribution >= 4 is 11.6 Å². The zero-order valence-electron chi connectivity index (χ0n) is 12.1. The number of unbranched alkanes of at least 4 members (excludes halogenated alkanes) is 2. The van der Waals surface area contributed by atoms with E-state index in [0.29, 0.717) is 6.42 Å². The number of aryl methyl sites for hydroxylation is 1. The van der Waals surface area contributed by atoms with E-state index in [2.05, 4.69) is 30.4 Å². The molecule has 1 aromatic rings. The molecule has 0 spiro atoms. The van der Waals surface area contributed by atoms with Crippen molar-refractivity contribution in [2.45, 2.75) is 51.6 Å². The smallest absolute Gasteiger partial charge is 0.119 e. The van der Waals surface area contributed by atoms with Crippen molar-refractivity contribution in [2.24, 2.45) is 0 Å². The van der Waals surface area contributed by atoms with Crippen molar-refractivity contribution in [2.75, 3.05) is 6.61 Å². The van der Waals surface area contributed by atoms with E-state index in [1.807, 2.05) is 12.1 Å². The van der Waals surface area contributed by atoms with Crippen molar-refractivity contribution in [3.8, 4) is 17.0 Å². The molecular weight excluding hydrogens is 272 g/mol. The fourth-order valence-corrected chi connectivity index (χ4v) is 2.09. The highest BCUT2D eigenvalue weighted by molar-refractivity contribution is 6.30. The third-order valence-corrected chi connectivity index (χ3v) is 3.35. The van der Waals surface area contributed by atoms with Gasteiger partial charge in [-0.2, -0.15) is 0 Å². The van der Waals surface area contributed by atoms with Crippen LogP contribution in [0.3, 0.4) is 0 Å². The van der Waals surface area contributed by atoms with Crippen molar-refractivity contribution in [3.05, 3.63) is 29.8 Å². The van der Waals surface area contributed by atoms with Gasteiger partial charge in [-0.05, 0) is 55.0 Å². The lowest BCUT2D eigenvalue weighted by atomic mass is 10.1. The molecule has 0 fully saturated rings. The predicted molar refractivity (Wildman–Crippen MR) is 84.0 cm³/mol. The average molecular weight is 295 g/mol. The highest BCUT2D eigenvalue weighted by atomic mass is 35.5. The standard InChI is InChI=1S/C17H23ClO2/c1-2-15-9-11-17(12-10-15)20-16(8-6-13-18)7-4-3-5-14-19/h9-12,16,19H,2-5,7-8,14H2,1H3. The molecule has 0 aliphatic carbocycles. The van der Waals surface area contributed by atoms with Gasteiger partial charge in [0.05, 0.1) is 0 Å². The van der Waals surface area contributed by atoms with E-state index >= 15 is 0 Å². The van der Waals surface area contributed by atoms with Gasteiger partial charge in [0, 0.05) is 18.4 Å². The monoisotopic (exact) mass is 294 g/mol. The van der Waals surface area contributed by atoms with Gasteiger partial charge in [-0.15, -0.1) is 0 Å². The Hall–Kier alpha value is -1.17. The van der Waals surface area contributed by atoms with E-state index in [9.17, 15) is 0 Å². The lowest BCUT2D eigenvalue weighted by Gasteiger charge is -2.17. The first kappa shape index (κ1) is 16.9. The van der Waals surface area contributed by atoms with Crippen LogP contribution in [-0.2, 0) is 6.42 Å². The van der Waals surface area contributed by atoms with Crippen molar-refractivity contribution in [3.63, 3.8) is 0 Å². The molecule has 0 radical (unpaired) electrons. The van der Waals surface area contributed by atoms with Crippen LogP contribution < -0.4 is 4.74 Å². The number of ether oxygens (including phenoxy) is 1. The van der Waals surface area contributed by atoms with Crippen LogP contribution in [0.4, 0.5) is 0 Å². The zero-order chi connectivity index (χ0) is 14.6. The van der Waals surface area contributed by atoms with Gasteiger partial charge in [0.25, 0.3) is 0 Å². The second-order valence-electron chi connectivity index (χ2n) is 4.79. The van der Waals surface area contributed by atoms with Gasteiger partial charge in [0.2, 0.25) is 0 Å². The first-order valence-electron chi connectivity index (χ1n) is 7.25. The van der Waals surface area contributed by atoms with E-state index in [1.165, 1.54) is 5.56 Å². The number of aliphatic hydroxyl groups excluding tert-OH is 1. The molecule has 1 unspecified atom stereocenters. The minimum atomic E-state index is 0.0624. The van der Waals surface area contributed by atoms with Gasteiger partial charge in [-0.3, -0.25) is 0 Å². The largest absolute Gasteiger partial charge is 0.489 e. The Balaban J connectivity index is 2.50. The Bertz CT molecular complexity index is 417. The van der Waals surface area contributed by atoms with Gasteiger partial charge in [0.1, 0.15) is 11.9 Å². The number of aliphatic hydroxyl groups is 1. The van der Waals surface area contributed by atoms with Crippen LogP contribution >= 0.6 is 11.6 Å². The summed E-state index contributed by atoms with van der Waals surface area (Å²) < 4.78 is 5.97. The maximum absolute atomic E-state index is 8.79. The fourth-order valence-electron chi connectivity index (χ4n) is 2.01. The summed E-state index contributed by atoms with van der Waals surface area (Å²) in [5, 5.41) is 11.2. The number of halogens is 1. The molecule has 0 aliphatic rings. The van der Waals surface area contributed by atoms with Gasteiger partial charge in [0.15, 0.2) is 0 Å². The minimum Gasteiger partial charge on any atom is -0.489 e. The molecule has 110 valence electrons. The summed E-state index contributed by atoms with van der Waals surface area (Å²) >= 11 is 5.42. The Morgan fingerprint density at radius 1 is 1.20 bits per heavy atom. The van der Waals surface area contributed by atoms with E-state index < -0.39 is 0 Å². The Morgan fingerprint density at radius 3 is 2.55 bits per heavy atom. The van der Waals surface area contributed by atoms with Crippen LogP contribution in [0.5, 0.6) is 5.75 Å². The maximum atomic E-state index is 8.79. The number of benzene rings is 1. The van der Waals surface area contributed by atoms with Gasteiger partial charge < -0.3 is 9.84 Å². The summed E-state index contributed by atoms with van der Waals surface area (Å²) in [6.45, 7) is 2.39. The lowest BCUT2D eigenvalue weighted by molar-refractivity contribution is 0.190. The third kappa shape index (κ3) is 6.84. The minimum absolute atomic E-state index is 0.0624. The van der Waals surface area contributed by atoms with Crippen LogP contribution in [0.25, 0.3) is 0 Å². The van der Waals surface area contributed by atoms with Crippen molar-refractivity contribution < 1.29 is 9.84 Å². The maximum Gasteiger partial charge on any atom is 0.119 e. The summed E-state index contributed by atoms with van der Waals surface area (Å²) in [6.07, 6.45) is 5.55.